The van der Waals surface area contributed by atoms with E-state index in [0.29, 0.717) is 0 Å². The second-order valence-corrected chi connectivity index (χ2v) is 15.0. The lowest BCUT2D eigenvalue weighted by Crippen LogP contribution is -2.41. The monoisotopic (exact) mass is 641 g/mol. The normalized spacial score (nSPS) is 16.0. The zero-order valence-electron chi connectivity index (χ0n) is 27.2. The van der Waals surface area contributed by atoms with Gasteiger partial charge < -0.3 is 18.3 Å². The number of furan rings is 1. The molecule has 3 aromatic heterocycles. The molecular formula is C42H32BNO3S. The van der Waals surface area contributed by atoms with E-state index >= 15 is 0 Å². The van der Waals surface area contributed by atoms with Gasteiger partial charge in [-0.25, -0.2) is 0 Å². The molecule has 1 fully saturated rings. The van der Waals surface area contributed by atoms with E-state index in [0.717, 1.165) is 55.0 Å². The Morgan fingerprint density at radius 2 is 1.27 bits per heavy atom. The third-order valence-electron chi connectivity index (χ3n) is 10.6. The first-order valence-corrected chi connectivity index (χ1v) is 17.3. The Bertz CT molecular complexity index is 2740. The lowest BCUT2D eigenvalue weighted by molar-refractivity contribution is 0.00578. The Kier molecular flexibility index (Phi) is 5.77. The van der Waals surface area contributed by atoms with E-state index in [1.54, 1.807) is 11.3 Å². The van der Waals surface area contributed by atoms with Gasteiger partial charge >= 0.3 is 7.12 Å². The van der Waals surface area contributed by atoms with Gasteiger partial charge in [0.2, 0.25) is 0 Å². The molecule has 9 aromatic rings. The van der Waals surface area contributed by atoms with Crippen LogP contribution >= 0.6 is 11.3 Å². The Balaban J connectivity index is 1.26. The summed E-state index contributed by atoms with van der Waals surface area (Å²) < 4.78 is 24.8. The smallest absolute Gasteiger partial charge is 0.455 e. The van der Waals surface area contributed by atoms with Crippen LogP contribution in [0.2, 0.25) is 0 Å². The minimum atomic E-state index is -0.500. The topological polar surface area (TPSA) is 36.5 Å². The minimum absolute atomic E-state index is 0.457. The highest BCUT2D eigenvalue weighted by Crippen LogP contribution is 2.45. The Morgan fingerprint density at radius 1 is 0.583 bits per heavy atom. The molecule has 4 nitrogen and oxygen atoms in total. The molecule has 6 aromatic carbocycles. The molecule has 1 aliphatic rings. The van der Waals surface area contributed by atoms with Crippen molar-refractivity contribution in [3.05, 3.63) is 121 Å². The van der Waals surface area contributed by atoms with Crippen LogP contribution in [0.1, 0.15) is 27.7 Å². The van der Waals surface area contributed by atoms with E-state index in [2.05, 4.69) is 148 Å². The number of para-hydroxylation sites is 3. The SMILES string of the molecule is CC1(C)OB(c2cc(-c3ccc4c(c3)c3ccccc3n4-c3ccccc3)cc3c2sc2ccc4c5ccccc5oc4c23)OC1(C)C. The molecule has 0 amide bonds. The predicted octanol–water partition coefficient (Wildman–Crippen LogP) is 11.0. The fraction of sp³-hybridized carbons (Fsp3) is 0.143. The van der Waals surface area contributed by atoms with Crippen LogP contribution in [-0.4, -0.2) is 22.9 Å². The van der Waals surface area contributed by atoms with Crippen molar-refractivity contribution < 1.29 is 13.7 Å². The molecule has 6 heteroatoms. The van der Waals surface area contributed by atoms with Crippen molar-refractivity contribution in [1.29, 1.82) is 0 Å². The summed E-state index contributed by atoms with van der Waals surface area (Å²) in [6, 6.07) is 43.5. The maximum absolute atomic E-state index is 6.72. The molecule has 0 spiro atoms. The van der Waals surface area contributed by atoms with Crippen molar-refractivity contribution >= 4 is 87.8 Å². The second kappa shape index (κ2) is 9.83. The van der Waals surface area contributed by atoms with Crippen LogP contribution in [0.4, 0.5) is 0 Å². The molecule has 1 aliphatic heterocycles. The zero-order valence-corrected chi connectivity index (χ0v) is 28.0. The first-order valence-electron chi connectivity index (χ1n) is 16.5. The zero-order chi connectivity index (χ0) is 32.4. The molecular weight excluding hydrogens is 609 g/mol. The van der Waals surface area contributed by atoms with Gasteiger partial charge in [0.05, 0.1) is 22.2 Å². The maximum Gasteiger partial charge on any atom is 0.496 e. The number of benzene rings is 6. The van der Waals surface area contributed by atoms with Crippen molar-refractivity contribution in [2.75, 3.05) is 0 Å². The number of fused-ring (bicyclic) bond motifs is 10. The van der Waals surface area contributed by atoms with E-state index < -0.39 is 18.3 Å². The number of hydrogen-bond acceptors (Lipinski definition) is 4. The molecule has 48 heavy (non-hydrogen) atoms. The highest BCUT2D eigenvalue weighted by atomic mass is 32.1. The standard InChI is InChI=1S/C42H32BNO3S/c1-41(2)42(3,4)47-43(46-41)33-24-26(23-32-38-37(48-40(32)33)21-19-30-29-15-9-11-17-36(29)45-39(30)38)25-18-20-35-31(22-25)28-14-8-10-16-34(28)44(35)27-12-6-5-7-13-27/h5-24H,1-4H3. The molecule has 10 rings (SSSR count). The van der Waals surface area contributed by atoms with Crippen LogP contribution < -0.4 is 5.46 Å². The minimum Gasteiger partial charge on any atom is -0.455 e. The molecule has 0 saturated carbocycles. The number of hydrogen-bond donors (Lipinski definition) is 0. The van der Waals surface area contributed by atoms with Gasteiger partial charge in [0, 0.05) is 52.9 Å². The van der Waals surface area contributed by atoms with Crippen LogP contribution in [0.3, 0.4) is 0 Å². The number of nitrogens with zero attached hydrogens (tertiary/aromatic N) is 1. The van der Waals surface area contributed by atoms with Gasteiger partial charge in [0.1, 0.15) is 11.2 Å². The predicted molar refractivity (Wildman–Crippen MR) is 202 cm³/mol. The van der Waals surface area contributed by atoms with Crippen molar-refractivity contribution in [2.45, 2.75) is 38.9 Å². The summed E-state index contributed by atoms with van der Waals surface area (Å²) >= 11 is 1.79. The summed E-state index contributed by atoms with van der Waals surface area (Å²) in [4.78, 5) is 0. The van der Waals surface area contributed by atoms with Gasteiger partial charge in [0.15, 0.2) is 0 Å². The van der Waals surface area contributed by atoms with Crippen LogP contribution in [0, 0.1) is 0 Å². The first kappa shape index (κ1) is 28.2. The number of rotatable bonds is 3. The number of aromatic nitrogens is 1. The van der Waals surface area contributed by atoms with Crippen molar-refractivity contribution in [2.24, 2.45) is 0 Å². The fourth-order valence-electron chi connectivity index (χ4n) is 7.49. The lowest BCUT2D eigenvalue weighted by Gasteiger charge is -2.32. The molecule has 232 valence electrons. The summed E-state index contributed by atoms with van der Waals surface area (Å²) in [5, 5.41) is 7.03. The van der Waals surface area contributed by atoms with Crippen molar-refractivity contribution in [1.82, 2.24) is 4.57 Å². The molecule has 0 unspecified atom stereocenters. The van der Waals surface area contributed by atoms with Crippen molar-refractivity contribution in [3.63, 3.8) is 0 Å². The molecule has 0 aliphatic carbocycles. The molecule has 0 N–H and O–H groups in total. The molecule has 4 heterocycles. The van der Waals surface area contributed by atoms with Gasteiger partial charge in [-0.2, -0.15) is 0 Å². The van der Waals surface area contributed by atoms with Crippen LogP contribution in [-0.2, 0) is 9.31 Å². The Morgan fingerprint density at radius 3 is 2.08 bits per heavy atom. The van der Waals surface area contributed by atoms with Crippen molar-refractivity contribution in [3.8, 4) is 16.8 Å². The summed E-state index contributed by atoms with van der Waals surface area (Å²) in [6.07, 6.45) is 0. The first-order chi connectivity index (χ1) is 23.3. The lowest BCUT2D eigenvalue weighted by atomic mass is 9.77. The quantitative estimate of drug-likeness (QED) is 0.180. The van der Waals surface area contributed by atoms with E-state index in [9.17, 15) is 0 Å². The Labute approximate surface area is 282 Å². The highest BCUT2D eigenvalue weighted by Gasteiger charge is 2.52. The molecule has 0 atom stereocenters. The fourth-order valence-corrected chi connectivity index (χ4v) is 8.70. The van der Waals surface area contributed by atoms with Crippen LogP contribution in [0.5, 0.6) is 0 Å². The van der Waals surface area contributed by atoms with E-state index in [-0.39, 0.29) is 0 Å². The van der Waals surface area contributed by atoms with Gasteiger partial charge in [-0.3, -0.25) is 0 Å². The molecule has 1 saturated heterocycles. The summed E-state index contributed by atoms with van der Waals surface area (Å²) in [5.74, 6) is 0. The number of thiophene rings is 1. The third-order valence-corrected chi connectivity index (χ3v) is 11.9. The average Bonchev–Trinajstić information content (AvgIpc) is 3.81. The highest BCUT2D eigenvalue weighted by molar-refractivity contribution is 7.27. The summed E-state index contributed by atoms with van der Waals surface area (Å²) in [7, 11) is -0.500. The van der Waals surface area contributed by atoms with E-state index in [4.69, 9.17) is 13.7 Å². The van der Waals surface area contributed by atoms with Gasteiger partial charge in [0.25, 0.3) is 0 Å². The average molecular weight is 642 g/mol. The summed E-state index contributed by atoms with van der Waals surface area (Å²) in [5.41, 5.74) is 7.78. The van der Waals surface area contributed by atoms with Gasteiger partial charge in [-0.1, -0.05) is 66.7 Å². The van der Waals surface area contributed by atoms with Gasteiger partial charge in [-0.05, 0) is 93.4 Å². The third kappa shape index (κ3) is 3.91. The second-order valence-electron chi connectivity index (χ2n) is 14.0. The molecule has 0 radical (unpaired) electrons. The summed E-state index contributed by atoms with van der Waals surface area (Å²) in [6.45, 7) is 8.47. The Hall–Kier alpha value is -4.88. The van der Waals surface area contributed by atoms with Crippen LogP contribution in [0.25, 0.3) is 80.7 Å². The molecule has 0 bridgehead atoms. The largest absolute Gasteiger partial charge is 0.496 e. The van der Waals surface area contributed by atoms with E-state index in [1.165, 1.54) is 31.2 Å². The van der Waals surface area contributed by atoms with Gasteiger partial charge in [-0.15, -0.1) is 11.3 Å². The van der Waals surface area contributed by atoms with Crippen LogP contribution in [0.15, 0.2) is 126 Å². The van der Waals surface area contributed by atoms with E-state index in [1.807, 2.05) is 6.07 Å². The maximum atomic E-state index is 6.72.